The van der Waals surface area contributed by atoms with Gasteiger partial charge in [-0.1, -0.05) is 31.7 Å². The van der Waals surface area contributed by atoms with Crippen LogP contribution >= 0.6 is 0 Å². The molecule has 1 aliphatic rings. The third-order valence-corrected chi connectivity index (χ3v) is 3.44. The van der Waals surface area contributed by atoms with Crippen molar-refractivity contribution in [3.8, 4) is 5.75 Å². The van der Waals surface area contributed by atoms with Crippen molar-refractivity contribution in [2.45, 2.75) is 44.6 Å². The molecule has 0 spiro atoms. The maximum absolute atomic E-state index is 10.7. The lowest BCUT2D eigenvalue weighted by atomic mass is 10.1. The van der Waals surface area contributed by atoms with Crippen LogP contribution < -0.4 is 15.8 Å². The molecule has 0 unspecified atom stereocenters. The van der Waals surface area contributed by atoms with Gasteiger partial charge >= 0.3 is 0 Å². The molecule has 1 saturated carbocycles. The Balaban J connectivity index is 1.91. The second-order valence-electron chi connectivity index (χ2n) is 5.12. The minimum Gasteiger partial charge on any atom is -0.484 e. The Bertz CT molecular complexity index is 412. The molecule has 3 N–H and O–H groups in total. The molecule has 4 nitrogen and oxygen atoms in total. The minimum atomic E-state index is -0.456. The SMILES string of the molecule is NC(=O)COc1cccc(NC2CCCCCC2)c1. The summed E-state index contributed by atoms with van der Waals surface area (Å²) >= 11 is 0. The van der Waals surface area contributed by atoms with Gasteiger partial charge in [0.05, 0.1) is 0 Å². The maximum Gasteiger partial charge on any atom is 0.255 e. The maximum atomic E-state index is 10.7. The first kappa shape index (κ1) is 13.7. The van der Waals surface area contributed by atoms with Crippen molar-refractivity contribution in [1.82, 2.24) is 0 Å². The van der Waals surface area contributed by atoms with Crippen LogP contribution in [0.3, 0.4) is 0 Å². The number of carbonyl (C=O) groups excluding carboxylic acids is 1. The molecule has 1 aromatic rings. The van der Waals surface area contributed by atoms with E-state index in [1.165, 1.54) is 38.5 Å². The number of hydrogen-bond acceptors (Lipinski definition) is 3. The summed E-state index contributed by atoms with van der Waals surface area (Å²) in [5, 5.41) is 3.55. The number of amides is 1. The highest BCUT2D eigenvalue weighted by atomic mass is 16.5. The summed E-state index contributed by atoms with van der Waals surface area (Å²) in [6, 6.07) is 8.26. The highest BCUT2D eigenvalue weighted by Crippen LogP contribution is 2.23. The van der Waals surface area contributed by atoms with Crippen molar-refractivity contribution in [2.24, 2.45) is 5.73 Å². The number of primary amides is 1. The summed E-state index contributed by atoms with van der Waals surface area (Å²) in [6.07, 6.45) is 7.75. The van der Waals surface area contributed by atoms with Gasteiger partial charge in [-0.2, -0.15) is 0 Å². The predicted octanol–water partition coefficient (Wildman–Crippen LogP) is 2.69. The standard InChI is InChI=1S/C15H22N2O2/c16-15(18)11-19-14-9-5-8-13(10-14)17-12-6-3-1-2-4-7-12/h5,8-10,12,17H,1-4,6-7,11H2,(H2,16,18). The summed E-state index contributed by atoms with van der Waals surface area (Å²) in [5.41, 5.74) is 6.12. The predicted molar refractivity (Wildman–Crippen MR) is 76.2 cm³/mol. The molecule has 1 amide bonds. The number of nitrogens with two attached hydrogens (primary N) is 1. The van der Waals surface area contributed by atoms with E-state index in [0.29, 0.717) is 11.8 Å². The van der Waals surface area contributed by atoms with Crippen molar-refractivity contribution >= 4 is 11.6 Å². The van der Waals surface area contributed by atoms with E-state index in [1.54, 1.807) is 0 Å². The van der Waals surface area contributed by atoms with Crippen LogP contribution in [0.15, 0.2) is 24.3 Å². The zero-order valence-corrected chi connectivity index (χ0v) is 11.2. The molecule has 19 heavy (non-hydrogen) atoms. The van der Waals surface area contributed by atoms with Crippen molar-refractivity contribution in [3.05, 3.63) is 24.3 Å². The normalized spacial score (nSPS) is 16.6. The Morgan fingerprint density at radius 1 is 1.26 bits per heavy atom. The summed E-state index contributed by atoms with van der Waals surface area (Å²) in [6.45, 7) is -0.0765. The number of anilines is 1. The third-order valence-electron chi connectivity index (χ3n) is 3.44. The molecule has 0 bridgehead atoms. The largest absolute Gasteiger partial charge is 0.484 e. The van der Waals surface area contributed by atoms with E-state index < -0.39 is 5.91 Å². The van der Waals surface area contributed by atoms with Crippen molar-refractivity contribution in [1.29, 1.82) is 0 Å². The lowest BCUT2D eigenvalue weighted by Gasteiger charge is -2.18. The van der Waals surface area contributed by atoms with E-state index in [1.807, 2.05) is 24.3 Å². The average molecular weight is 262 g/mol. The van der Waals surface area contributed by atoms with E-state index in [9.17, 15) is 4.79 Å². The molecule has 0 radical (unpaired) electrons. The molecular weight excluding hydrogens is 240 g/mol. The Morgan fingerprint density at radius 3 is 2.68 bits per heavy atom. The Morgan fingerprint density at radius 2 is 2.00 bits per heavy atom. The zero-order valence-electron chi connectivity index (χ0n) is 11.2. The van der Waals surface area contributed by atoms with Gasteiger partial charge in [-0.15, -0.1) is 0 Å². The van der Waals surface area contributed by atoms with Gasteiger partial charge in [-0.25, -0.2) is 0 Å². The molecule has 0 heterocycles. The molecule has 0 aromatic heterocycles. The van der Waals surface area contributed by atoms with Gasteiger partial charge < -0.3 is 15.8 Å². The van der Waals surface area contributed by atoms with Crippen LogP contribution in [0.5, 0.6) is 5.75 Å². The number of nitrogens with one attached hydrogen (secondary N) is 1. The minimum absolute atomic E-state index is 0.0765. The van der Waals surface area contributed by atoms with Gasteiger partial charge in [0.25, 0.3) is 5.91 Å². The number of rotatable bonds is 5. The lowest BCUT2D eigenvalue weighted by molar-refractivity contribution is -0.119. The van der Waals surface area contributed by atoms with Gasteiger partial charge in [0.2, 0.25) is 0 Å². The van der Waals surface area contributed by atoms with Crippen LogP contribution in [0.2, 0.25) is 0 Å². The van der Waals surface area contributed by atoms with Gasteiger partial charge in [0, 0.05) is 17.8 Å². The third kappa shape index (κ3) is 4.81. The van der Waals surface area contributed by atoms with Crippen LogP contribution in [0.1, 0.15) is 38.5 Å². The topological polar surface area (TPSA) is 64.4 Å². The smallest absolute Gasteiger partial charge is 0.255 e. The summed E-state index contributed by atoms with van der Waals surface area (Å²) in [7, 11) is 0. The monoisotopic (exact) mass is 262 g/mol. The highest BCUT2D eigenvalue weighted by Gasteiger charge is 2.12. The number of hydrogen-bond donors (Lipinski definition) is 2. The molecule has 1 aromatic carbocycles. The van der Waals surface area contributed by atoms with Crippen LogP contribution in [0.4, 0.5) is 5.69 Å². The zero-order chi connectivity index (χ0) is 13.5. The van der Waals surface area contributed by atoms with E-state index in [-0.39, 0.29) is 6.61 Å². The first-order valence-corrected chi connectivity index (χ1v) is 7.02. The molecule has 0 atom stereocenters. The molecule has 1 fully saturated rings. The van der Waals surface area contributed by atoms with Gasteiger partial charge in [-0.3, -0.25) is 4.79 Å². The van der Waals surface area contributed by atoms with Crippen molar-refractivity contribution in [3.63, 3.8) is 0 Å². The molecule has 2 rings (SSSR count). The van der Waals surface area contributed by atoms with E-state index in [2.05, 4.69) is 5.32 Å². The Labute approximate surface area is 114 Å². The molecule has 4 heteroatoms. The van der Waals surface area contributed by atoms with Crippen molar-refractivity contribution in [2.75, 3.05) is 11.9 Å². The molecule has 104 valence electrons. The van der Waals surface area contributed by atoms with Gasteiger partial charge in [-0.05, 0) is 25.0 Å². The van der Waals surface area contributed by atoms with Gasteiger partial charge in [0.1, 0.15) is 5.75 Å². The number of ether oxygens (including phenoxy) is 1. The van der Waals surface area contributed by atoms with Gasteiger partial charge in [0.15, 0.2) is 6.61 Å². The number of benzene rings is 1. The summed E-state index contributed by atoms with van der Waals surface area (Å²) in [4.78, 5) is 10.7. The first-order chi connectivity index (χ1) is 9.24. The van der Waals surface area contributed by atoms with E-state index >= 15 is 0 Å². The number of carbonyl (C=O) groups is 1. The summed E-state index contributed by atoms with van der Waals surface area (Å²) in [5.74, 6) is 0.222. The lowest BCUT2D eigenvalue weighted by Crippen LogP contribution is -2.20. The molecular formula is C15H22N2O2. The van der Waals surface area contributed by atoms with E-state index in [4.69, 9.17) is 10.5 Å². The first-order valence-electron chi connectivity index (χ1n) is 7.02. The Kier molecular flexibility index (Phi) is 5.07. The average Bonchev–Trinajstić information content (AvgIpc) is 2.65. The quantitative estimate of drug-likeness (QED) is 0.802. The fourth-order valence-electron chi connectivity index (χ4n) is 2.49. The Hall–Kier alpha value is -1.71. The fourth-order valence-corrected chi connectivity index (χ4v) is 2.49. The van der Waals surface area contributed by atoms with E-state index in [0.717, 1.165) is 5.69 Å². The highest BCUT2D eigenvalue weighted by molar-refractivity contribution is 5.75. The van der Waals surface area contributed by atoms with Crippen LogP contribution in [-0.2, 0) is 4.79 Å². The second-order valence-corrected chi connectivity index (χ2v) is 5.12. The van der Waals surface area contributed by atoms with Crippen LogP contribution in [0, 0.1) is 0 Å². The van der Waals surface area contributed by atoms with Crippen LogP contribution in [0.25, 0.3) is 0 Å². The molecule has 1 aliphatic carbocycles. The second kappa shape index (κ2) is 7.02. The van der Waals surface area contributed by atoms with Crippen LogP contribution in [-0.4, -0.2) is 18.6 Å². The molecule has 0 aliphatic heterocycles. The van der Waals surface area contributed by atoms with Crippen molar-refractivity contribution < 1.29 is 9.53 Å². The summed E-state index contributed by atoms with van der Waals surface area (Å²) < 4.78 is 5.31. The molecule has 0 saturated heterocycles. The fraction of sp³-hybridized carbons (Fsp3) is 0.533.